The predicted molar refractivity (Wildman–Crippen MR) is 146 cm³/mol. The summed E-state index contributed by atoms with van der Waals surface area (Å²) in [6, 6.07) is 16.9. The van der Waals surface area contributed by atoms with Gasteiger partial charge < -0.3 is 24.1 Å². The van der Waals surface area contributed by atoms with Crippen LogP contribution in [0.3, 0.4) is 0 Å². The highest BCUT2D eigenvalue weighted by Gasteiger charge is 2.30. The minimum absolute atomic E-state index is 0.0181. The summed E-state index contributed by atoms with van der Waals surface area (Å²) in [7, 11) is 4.03. The molecule has 1 atom stereocenters. The molecular weight excluding hydrogens is 492 g/mol. The van der Waals surface area contributed by atoms with E-state index in [1.54, 1.807) is 38.0 Å². The zero-order valence-electron chi connectivity index (χ0n) is 21.6. The molecule has 0 saturated heterocycles. The van der Waals surface area contributed by atoms with Crippen molar-refractivity contribution in [2.45, 2.75) is 18.4 Å². The molecule has 0 amide bonds. The summed E-state index contributed by atoms with van der Waals surface area (Å²) >= 11 is 0. The van der Waals surface area contributed by atoms with E-state index in [-0.39, 0.29) is 11.3 Å². The Hall–Kier alpha value is -3.85. The average molecular weight is 524 g/mol. The van der Waals surface area contributed by atoms with Crippen molar-refractivity contribution in [1.82, 2.24) is 9.55 Å². The molecule has 8 nitrogen and oxygen atoms in total. The monoisotopic (exact) mass is 523 g/mol. The van der Waals surface area contributed by atoms with E-state index in [4.69, 9.17) is 18.9 Å². The number of methoxy groups -OCH3 is 3. The summed E-state index contributed by atoms with van der Waals surface area (Å²) < 4.78 is 23.8. The highest BCUT2D eigenvalue weighted by atomic mass is 32.2. The molecule has 0 fully saturated rings. The second-order valence-corrected chi connectivity index (χ2v) is 10.5. The first-order valence-electron chi connectivity index (χ1n) is 11.7. The molecule has 0 aliphatic rings. The van der Waals surface area contributed by atoms with Gasteiger partial charge in [0.2, 0.25) is 5.75 Å². The lowest BCUT2D eigenvalue weighted by atomic mass is 10.2. The van der Waals surface area contributed by atoms with Gasteiger partial charge in [0.1, 0.15) is 30.0 Å². The van der Waals surface area contributed by atoms with Crippen LogP contribution in [0, 0.1) is 6.92 Å². The Morgan fingerprint density at radius 2 is 1.65 bits per heavy atom. The highest BCUT2D eigenvalue weighted by molar-refractivity contribution is 7.96. The number of rotatable bonds is 10. The van der Waals surface area contributed by atoms with Crippen LogP contribution < -0.4 is 24.5 Å². The minimum atomic E-state index is -0.603. The molecule has 0 bridgehead atoms. The van der Waals surface area contributed by atoms with Gasteiger partial charge in [-0.1, -0.05) is 30.3 Å². The van der Waals surface area contributed by atoms with Crippen LogP contribution in [0.15, 0.2) is 64.3 Å². The Labute approximate surface area is 218 Å². The van der Waals surface area contributed by atoms with Crippen molar-refractivity contribution in [3.63, 3.8) is 0 Å². The van der Waals surface area contributed by atoms with Gasteiger partial charge in [-0.25, -0.2) is 4.98 Å². The topological polar surface area (TPSA) is 92.0 Å². The molecular formula is C28H31N2O6S+. The van der Waals surface area contributed by atoms with E-state index in [1.807, 2.05) is 55.6 Å². The maximum atomic E-state index is 13.7. The first kappa shape index (κ1) is 26.2. The smallest absolute Gasteiger partial charge is 0.311 e. The number of fused-ring (bicyclic) bond motifs is 1. The van der Waals surface area contributed by atoms with Gasteiger partial charge in [0.15, 0.2) is 17.2 Å². The Morgan fingerprint density at radius 1 is 0.973 bits per heavy atom. The highest BCUT2D eigenvalue weighted by Crippen LogP contribution is 2.40. The van der Waals surface area contributed by atoms with Crippen LogP contribution in [0.2, 0.25) is 0 Å². The van der Waals surface area contributed by atoms with E-state index in [9.17, 15) is 9.90 Å². The van der Waals surface area contributed by atoms with Gasteiger partial charge in [-0.05, 0) is 24.6 Å². The van der Waals surface area contributed by atoms with Gasteiger partial charge in [-0.3, -0.25) is 9.36 Å². The molecule has 0 radical (unpaired) electrons. The van der Waals surface area contributed by atoms with E-state index in [2.05, 4.69) is 4.98 Å². The van der Waals surface area contributed by atoms with Crippen LogP contribution in [0.4, 0.5) is 0 Å². The number of aromatic hydroxyl groups is 1. The third-order valence-corrected chi connectivity index (χ3v) is 7.85. The van der Waals surface area contributed by atoms with E-state index in [1.165, 1.54) is 0 Å². The molecule has 194 valence electrons. The van der Waals surface area contributed by atoms with Gasteiger partial charge in [-0.2, -0.15) is 0 Å². The van der Waals surface area contributed by atoms with Crippen LogP contribution in [-0.2, 0) is 17.4 Å². The largest absolute Gasteiger partial charge is 0.503 e. The molecule has 4 rings (SSSR count). The van der Waals surface area contributed by atoms with Gasteiger partial charge in [0, 0.05) is 28.7 Å². The SMILES string of the molecule is COc1cc(OCC[S+](C)c2c(O)c3ccc(C)nc3n(Cc3ccccc3)c2=O)cc(OC)c1OC. The van der Waals surface area contributed by atoms with Crippen molar-refractivity contribution < 1.29 is 24.1 Å². The lowest BCUT2D eigenvalue weighted by Crippen LogP contribution is -2.29. The van der Waals surface area contributed by atoms with Crippen LogP contribution in [0.5, 0.6) is 28.7 Å². The van der Waals surface area contributed by atoms with Crippen molar-refractivity contribution in [1.29, 1.82) is 0 Å². The molecule has 37 heavy (non-hydrogen) atoms. The van der Waals surface area contributed by atoms with Crippen molar-refractivity contribution in [3.05, 3.63) is 76.2 Å². The van der Waals surface area contributed by atoms with Crippen molar-refractivity contribution >= 4 is 21.9 Å². The molecule has 4 aromatic rings. The molecule has 9 heteroatoms. The molecule has 2 aromatic carbocycles. The number of nitrogens with zero attached hydrogens (tertiary/aromatic N) is 2. The fourth-order valence-corrected chi connectivity index (χ4v) is 5.52. The second-order valence-electron chi connectivity index (χ2n) is 8.43. The maximum Gasteiger partial charge on any atom is 0.311 e. The minimum Gasteiger partial charge on any atom is -0.503 e. The summed E-state index contributed by atoms with van der Waals surface area (Å²) in [6.45, 7) is 2.55. The Balaban J connectivity index is 1.63. The number of aromatic nitrogens is 2. The number of hydrogen-bond acceptors (Lipinski definition) is 7. The lowest BCUT2D eigenvalue weighted by molar-refractivity contribution is 0.309. The summed E-state index contributed by atoms with van der Waals surface area (Å²) in [4.78, 5) is 18.7. The maximum absolute atomic E-state index is 13.7. The molecule has 2 aromatic heterocycles. The standard InChI is InChI=1S/C28H30N2O6S/c1-18-11-12-21-24(31)26(28(32)30(27(21)29-18)17-19-9-7-6-8-10-19)37(5)14-13-36-20-15-22(33-2)25(35-4)23(16-20)34-3/h6-12,15-16H,13-14,17H2,1-5H3/p+1. The van der Waals surface area contributed by atoms with Crippen LogP contribution in [-0.4, -0.2) is 54.6 Å². The van der Waals surface area contributed by atoms with E-state index >= 15 is 0 Å². The predicted octanol–water partition coefficient (Wildman–Crippen LogP) is 4.17. The summed E-state index contributed by atoms with van der Waals surface area (Å²) in [5.41, 5.74) is 1.98. The average Bonchev–Trinajstić information content (AvgIpc) is 2.91. The number of ether oxygens (including phenoxy) is 4. The summed E-state index contributed by atoms with van der Waals surface area (Å²) in [5.74, 6) is 2.52. The number of aryl methyl sites for hydroxylation is 1. The van der Waals surface area contributed by atoms with Gasteiger partial charge in [-0.15, -0.1) is 0 Å². The van der Waals surface area contributed by atoms with Gasteiger partial charge in [0.05, 0.1) is 33.3 Å². The normalized spacial score (nSPS) is 11.8. The first-order valence-corrected chi connectivity index (χ1v) is 13.5. The van der Waals surface area contributed by atoms with Gasteiger partial charge in [0.25, 0.3) is 4.90 Å². The molecule has 0 aliphatic carbocycles. The summed E-state index contributed by atoms with van der Waals surface area (Å²) in [5, 5.41) is 11.7. The van der Waals surface area contributed by atoms with Crippen LogP contribution in [0.1, 0.15) is 11.3 Å². The Bertz CT molecular complexity index is 1430. The van der Waals surface area contributed by atoms with Crippen LogP contribution >= 0.6 is 0 Å². The number of benzene rings is 2. The number of pyridine rings is 2. The van der Waals surface area contributed by atoms with Crippen molar-refractivity contribution in [2.24, 2.45) is 0 Å². The number of hydrogen-bond donors (Lipinski definition) is 1. The van der Waals surface area contributed by atoms with E-state index < -0.39 is 10.9 Å². The molecule has 0 aliphatic heterocycles. The van der Waals surface area contributed by atoms with Crippen LogP contribution in [0.25, 0.3) is 11.0 Å². The fourth-order valence-electron chi connectivity index (χ4n) is 4.13. The van der Waals surface area contributed by atoms with Crippen molar-refractivity contribution in [3.8, 4) is 28.7 Å². The molecule has 0 saturated carbocycles. The van der Waals surface area contributed by atoms with Crippen molar-refractivity contribution in [2.75, 3.05) is 39.9 Å². The third kappa shape index (κ3) is 5.46. The summed E-state index contributed by atoms with van der Waals surface area (Å²) in [6.07, 6.45) is 1.94. The fraction of sp³-hybridized carbons (Fsp3) is 0.286. The molecule has 0 spiro atoms. The quantitative estimate of drug-likeness (QED) is 0.312. The van der Waals surface area contributed by atoms with E-state index in [0.717, 1.165) is 11.3 Å². The Kier molecular flexibility index (Phi) is 8.13. The zero-order valence-corrected chi connectivity index (χ0v) is 22.4. The third-order valence-electron chi connectivity index (χ3n) is 6.01. The molecule has 1 N–H and O–H groups in total. The first-order chi connectivity index (χ1) is 17.9. The molecule has 2 heterocycles. The second kappa shape index (κ2) is 11.5. The lowest BCUT2D eigenvalue weighted by Gasteiger charge is -2.15. The van der Waals surface area contributed by atoms with Gasteiger partial charge >= 0.3 is 5.56 Å². The zero-order chi connectivity index (χ0) is 26.5. The van der Waals surface area contributed by atoms with E-state index in [0.29, 0.717) is 57.8 Å². The Morgan fingerprint density at radius 3 is 2.27 bits per heavy atom. The molecule has 1 unspecified atom stereocenters.